The Bertz CT molecular complexity index is 656. The number of ether oxygens (including phenoxy) is 1. The van der Waals surface area contributed by atoms with Gasteiger partial charge in [-0.15, -0.1) is 0 Å². The molecule has 22 heavy (non-hydrogen) atoms. The number of Topliss-reactive ketones (excluding diaryl/α,β-unsaturated/α-hetero) is 1. The lowest BCUT2D eigenvalue weighted by molar-refractivity contribution is -0.153. The fraction of sp³-hybridized carbons (Fsp3) is 0.188. The summed E-state index contributed by atoms with van der Waals surface area (Å²) in [6.07, 6.45) is 1.53. The molecule has 0 aliphatic carbocycles. The molecule has 0 atom stereocenters. The van der Waals surface area contributed by atoms with Gasteiger partial charge in [0, 0.05) is 21.7 Å². The first-order chi connectivity index (χ1) is 10.6. The molecule has 0 spiro atoms. The second-order valence-electron chi connectivity index (χ2n) is 4.36. The van der Waals surface area contributed by atoms with E-state index < -0.39 is 11.8 Å². The number of ketones is 1. The molecular weight excluding hydrogens is 305 g/mol. The van der Waals surface area contributed by atoms with Gasteiger partial charge in [0.05, 0.1) is 13.0 Å². The zero-order valence-corrected chi connectivity index (χ0v) is 12.7. The van der Waals surface area contributed by atoms with Gasteiger partial charge in [-0.3, -0.25) is 9.78 Å². The van der Waals surface area contributed by atoms with E-state index in [1.807, 2.05) is 0 Å². The molecule has 0 fully saturated rings. The van der Waals surface area contributed by atoms with Crippen LogP contribution in [0.2, 0.25) is 0 Å². The minimum atomic E-state index is -0.839. The van der Waals surface area contributed by atoms with Crippen molar-refractivity contribution in [2.45, 2.75) is 23.1 Å². The quantitative estimate of drug-likeness (QED) is 0.605. The summed E-state index contributed by atoms with van der Waals surface area (Å²) < 4.78 is 17.5. The molecule has 1 heterocycles. The molecule has 0 unspecified atom stereocenters. The van der Waals surface area contributed by atoms with Gasteiger partial charge in [0.15, 0.2) is 0 Å². The van der Waals surface area contributed by atoms with Crippen molar-refractivity contribution in [2.75, 3.05) is 6.61 Å². The number of pyridine rings is 1. The SMILES string of the molecule is CCOC(=O)C(=O)Cc1ccc(Sc2ccc(F)cc2)cn1. The first-order valence-corrected chi connectivity index (χ1v) is 7.48. The predicted octanol–water partition coefficient (Wildman–Crippen LogP) is 3.05. The number of rotatable bonds is 6. The largest absolute Gasteiger partial charge is 0.460 e. The maximum Gasteiger partial charge on any atom is 0.375 e. The van der Waals surface area contributed by atoms with Crippen LogP contribution in [0, 0.1) is 5.82 Å². The Labute approximate surface area is 131 Å². The van der Waals surface area contributed by atoms with Gasteiger partial charge in [0.25, 0.3) is 0 Å². The van der Waals surface area contributed by atoms with E-state index in [1.165, 1.54) is 23.9 Å². The van der Waals surface area contributed by atoms with Gasteiger partial charge in [-0.25, -0.2) is 9.18 Å². The van der Waals surface area contributed by atoms with Gasteiger partial charge in [0.1, 0.15) is 5.82 Å². The molecule has 4 nitrogen and oxygen atoms in total. The maximum absolute atomic E-state index is 12.8. The second-order valence-corrected chi connectivity index (χ2v) is 5.51. The molecule has 2 rings (SSSR count). The number of halogens is 1. The van der Waals surface area contributed by atoms with Gasteiger partial charge in [-0.05, 0) is 43.3 Å². The lowest BCUT2D eigenvalue weighted by Crippen LogP contribution is -2.19. The summed E-state index contributed by atoms with van der Waals surface area (Å²) in [7, 11) is 0. The Morgan fingerprint density at radius 2 is 1.82 bits per heavy atom. The summed E-state index contributed by atoms with van der Waals surface area (Å²) in [5.74, 6) is -1.74. The number of carbonyl (C=O) groups excluding carboxylic acids is 2. The first kappa shape index (κ1) is 16.2. The van der Waals surface area contributed by atoms with Crippen molar-refractivity contribution in [2.24, 2.45) is 0 Å². The van der Waals surface area contributed by atoms with Crippen LogP contribution in [0.5, 0.6) is 0 Å². The lowest BCUT2D eigenvalue weighted by atomic mass is 10.2. The molecule has 1 aromatic carbocycles. The average molecular weight is 319 g/mol. The molecule has 0 saturated carbocycles. The molecule has 0 N–H and O–H groups in total. The highest BCUT2D eigenvalue weighted by molar-refractivity contribution is 7.99. The van der Waals surface area contributed by atoms with Crippen LogP contribution in [0.4, 0.5) is 4.39 Å². The number of aromatic nitrogens is 1. The van der Waals surface area contributed by atoms with E-state index in [9.17, 15) is 14.0 Å². The third-order valence-corrected chi connectivity index (χ3v) is 3.68. The fourth-order valence-corrected chi connectivity index (χ4v) is 2.45. The van der Waals surface area contributed by atoms with Crippen molar-refractivity contribution in [3.63, 3.8) is 0 Å². The Balaban J connectivity index is 1.96. The smallest absolute Gasteiger partial charge is 0.375 e. The van der Waals surface area contributed by atoms with Gasteiger partial charge >= 0.3 is 5.97 Å². The molecule has 0 aliphatic heterocycles. The van der Waals surface area contributed by atoms with Crippen LogP contribution in [-0.2, 0) is 20.7 Å². The van der Waals surface area contributed by atoms with E-state index in [4.69, 9.17) is 0 Å². The number of esters is 1. The Morgan fingerprint density at radius 1 is 1.14 bits per heavy atom. The summed E-state index contributed by atoms with van der Waals surface area (Å²) >= 11 is 1.43. The Morgan fingerprint density at radius 3 is 2.41 bits per heavy atom. The lowest BCUT2D eigenvalue weighted by Gasteiger charge is -2.03. The molecule has 114 valence electrons. The van der Waals surface area contributed by atoms with Gasteiger partial charge < -0.3 is 4.74 Å². The zero-order valence-electron chi connectivity index (χ0n) is 11.9. The molecule has 1 aromatic heterocycles. The summed E-state index contributed by atoms with van der Waals surface area (Å²) in [5, 5.41) is 0. The van der Waals surface area contributed by atoms with Crippen molar-refractivity contribution in [3.8, 4) is 0 Å². The second kappa shape index (κ2) is 7.70. The van der Waals surface area contributed by atoms with E-state index in [0.29, 0.717) is 5.69 Å². The average Bonchev–Trinajstić information content (AvgIpc) is 2.51. The maximum atomic E-state index is 12.8. The third-order valence-electron chi connectivity index (χ3n) is 2.69. The molecule has 0 radical (unpaired) electrons. The van der Waals surface area contributed by atoms with Crippen LogP contribution < -0.4 is 0 Å². The van der Waals surface area contributed by atoms with E-state index in [0.717, 1.165) is 9.79 Å². The predicted molar refractivity (Wildman–Crippen MR) is 80.1 cm³/mol. The van der Waals surface area contributed by atoms with E-state index in [2.05, 4.69) is 9.72 Å². The first-order valence-electron chi connectivity index (χ1n) is 6.67. The van der Waals surface area contributed by atoms with Crippen LogP contribution in [0.25, 0.3) is 0 Å². The molecule has 0 aliphatic rings. The molecule has 0 amide bonds. The summed E-state index contributed by atoms with van der Waals surface area (Å²) in [6.45, 7) is 1.82. The van der Waals surface area contributed by atoms with Gasteiger partial charge in [-0.1, -0.05) is 11.8 Å². The van der Waals surface area contributed by atoms with E-state index in [1.54, 1.807) is 37.4 Å². The third kappa shape index (κ3) is 4.66. The number of hydrogen-bond donors (Lipinski definition) is 0. The van der Waals surface area contributed by atoms with Crippen molar-refractivity contribution in [1.82, 2.24) is 4.98 Å². The van der Waals surface area contributed by atoms with Crippen molar-refractivity contribution in [1.29, 1.82) is 0 Å². The van der Waals surface area contributed by atoms with Crippen molar-refractivity contribution < 1.29 is 18.7 Å². The van der Waals surface area contributed by atoms with E-state index in [-0.39, 0.29) is 18.8 Å². The minimum absolute atomic E-state index is 0.0830. The molecule has 2 aromatic rings. The fourth-order valence-electron chi connectivity index (χ4n) is 1.66. The van der Waals surface area contributed by atoms with Crippen molar-refractivity contribution >= 4 is 23.5 Å². The normalized spacial score (nSPS) is 10.3. The molecule has 6 heteroatoms. The van der Waals surface area contributed by atoms with Gasteiger partial charge in [-0.2, -0.15) is 0 Å². The number of nitrogens with zero attached hydrogens (tertiary/aromatic N) is 1. The summed E-state index contributed by atoms with van der Waals surface area (Å²) in [4.78, 5) is 28.7. The van der Waals surface area contributed by atoms with Crippen LogP contribution in [0.1, 0.15) is 12.6 Å². The molecule has 0 bridgehead atoms. The Kier molecular flexibility index (Phi) is 5.66. The Hall–Kier alpha value is -2.21. The highest BCUT2D eigenvalue weighted by atomic mass is 32.2. The van der Waals surface area contributed by atoms with E-state index >= 15 is 0 Å². The monoisotopic (exact) mass is 319 g/mol. The standard InChI is InChI=1S/C16H14FNO3S/c1-2-21-16(20)15(19)9-12-5-8-14(10-18-12)22-13-6-3-11(17)4-7-13/h3-8,10H,2,9H2,1H3. The van der Waals surface area contributed by atoms with Crippen LogP contribution in [0.15, 0.2) is 52.4 Å². The molecular formula is C16H14FNO3S. The number of benzene rings is 1. The van der Waals surface area contributed by atoms with Crippen molar-refractivity contribution in [3.05, 3.63) is 54.1 Å². The summed E-state index contributed by atoms with van der Waals surface area (Å²) in [5.41, 5.74) is 0.501. The number of carbonyl (C=O) groups is 2. The topological polar surface area (TPSA) is 56.3 Å². The number of hydrogen-bond acceptors (Lipinski definition) is 5. The van der Waals surface area contributed by atoms with Crippen LogP contribution in [-0.4, -0.2) is 23.3 Å². The zero-order chi connectivity index (χ0) is 15.9. The molecule has 0 saturated heterocycles. The highest BCUT2D eigenvalue weighted by Crippen LogP contribution is 2.27. The minimum Gasteiger partial charge on any atom is -0.460 e. The summed E-state index contributed by atoms with van der Waals surface area (Å²) in [6, 6.07) is 9.62. The van der Waals surface area contributed by atoms with Gasteiger partial charge in [0.2, 0.25) is 5.78 Å². The van der Waals surface area contributed by atoms with Crippen LogP contribution >= 0.6 is 11.8 Å². The highest BCUT2D eigenvalue weighted by Gasteiger charge is 2.15. The van der Waals surface area contributed by atoms with Crippen LogP contribution in [0.3, 0.4) is 0 Å².